The van der Waals surface area contributed by atoms with E-state index in [1.807, 2.05) is 31.2 Å². The van der Waals surface area contributed by atoms with Crippen molar-refractivity contribution in [2.75, 3.05) is 41.1 Å². The Morgan fingerprint density at radius 3 is 2.32 bits per heavy atom. The molecule has 168 valence electrons. The monoisotopic (exact) mass is 449 g/mol. The van der Waals surface area contributed by atoms with Crippen LogP contribution in [0.1, 0.15) is 18.1 Å². The molecule has 0 unspecified atom stereocenters. The molecule has 0 aliphatic carbocycles. The van der Waals surface area contributed by atoms with Gasteiger partial charge in [-0.25, -0.2) is 4.99 Å². The lowest BCUT2D eigenvalue weighted by molar-refractivity contribution is 0.171. The zero-order valence-electron chi connectivity index (χ0n) is 18.2. The Bertz CT molecular complexity index is 911. The van der Waals surface area contributed by atoms with Crippen molar-refractivity contribution in [3.8, 4) is 28.7 Å². The second kappa shape index (κ2) is 10.9. The third-order valence-corrected chi connectivity index (χ3v) is 4.89. The van der Waals surface area contributed by atoms with Gasteiger partial charge in [0.25, 0.3) is 0 Å². The Morgan fingerprint density at radius 2 is 1.68 bits per heavy atom. The third kappa shape index (κ3) is 5.58. The molecule has 8 nitrogen and oxygen atoms in total. The fourth-order valence-corrected chi connectivity index (χ4v) is 3.48. The van der Waals surface area contributed by atoms with E-state index in [9.17, 15) is 0 Å². The number of nitrogens with one attached hydrogen (secondary N) is 2. The molecule has 0 spiro atoms. The van der Waals surface area contributed by atoms with E-state index >= 15 is 0 Å². The van der Waals surface area contributed by atoms with Gasteiger partial charge in [-0.15, -0.1) is 0 Å². The highest BCUT2D eigenvalue weighted by atomic mass is 35.5. The van der Waals surface area contributed by atoms with Crippen molar-refractivity contribution in [2.45, 2.75) is 20.0 Å². The van der Waals surface area contributed by atoms with Gasteiger partial charge in [0.15, 0.2) is 29.0 Å². The smallest absolute Gasteiger partial charge is 0.203 e. The largest absolute Gasteiger partial charge is 0.493 e. The average Bonchev–Trinajstić information content (AvgIpc) is 2.80. The minimum absolute atomic E-state index is 0.431. The van der Waals surface area contributed by atoms with Crippen LogP contribution in [0.2, 0.25) is 5.02 Å². The van der Waals surface area contributed by atoms with Crippen LogP contribution in [0.3, 0.4) is 0 Å². The summed E-state index contributed by atoms with van der Waals surface area (Å²) >= 11 is 6.33. The van der Waals surface area contributed by atoms with Crippen LogP contribution >= 0.6 is 11.6 Å². The predicted octanol–water partition coefficient (Wildman–Crippen LogP) is 3.39. The van der Waals surface area contributed by atoms with Crippen molar-refractivity contribution in [1.82, 2.24) is 10.6 Å². The van der Waals surface area contributed by atoms with Gasteiger partial charge in [0.05, 0.1) is 32.9 Å². The topological polar surface area (TPSA) is 82.6 Å². The molecule has 0 fully saturated rings. The standard InChI is InChI=1S/C22H28ClN3O5/c1-5-24-22(25-12-14-8-16(23)20-19(11-14)30-6-7-31-20)26-13-15-9-17(27-2)21(29-4)18(10-15)28-3/h8-11H,5-7,12-13H2,1-4H3,(H2,24,25,26). The number of benzene rings is 2. The van der Waals surface area contributed by atoms with Gasteiger partial charge in [0.1, 0.15) is 13.2 Å². The molecule has 2 aromatic carbocycles. The Kier molecular flexibility index (Phi) is 7.94. The molecule has 0 saturated heterocycles. The second-order valence-electron chi connectivity index (χ2n) is 6.68. The maximum atomic E-state index is 6.33. The summed E-state index contributed by atoms with van der Waals surface area (Å²) in [5.41, 5.74) is 1.89. The molecule has 0 bridgehead atoms. The highest BCUT2D eigenvalue weighted by Gasteiger charge is 2.17. The number of aliphatic imine (C=N–C) groups is 1. The molecule has 1 aliphatic heterocycles. The summed E-state index contributed by atoms with van der Waals surface area (Å²) in [4.78, 5) is 4.66. The van der Waals surface area contributed by atoms with E-state index in [1.165, 1.54) is 0 Å². The van der Waals surface area contributed by atoms with Crippen LogP contribution in [-0.4, -0.2) is 47.0 Å². The van der Waals surface area contributed by atoms with Gasteiger partial charge in [-0.3, -0.25) is 0 Å². The molecule has 0 saturated carbocycles. The zero-order valence-corrected chi connectivity index (χ0v) is 19.0. The summed E-state index contributed by atoms with van der Waals surface area (Å²) in [5, 5.41) is 7.09. The molecule has 1 heterocycles. The van der Waals surface area contributed by atoms with Gasteiger partial charge in [0, 0.05) is 13.1 Å². The fraction of sp³-hybridized carbons (Fsp3) is 0.409. The summed E-state index contributed by atoms with van der Waals surface area (Å²) in [6.07, 6.45) is 0. The van der Waals surface area contributed by atoms with Crippen molar-refractivity contribution in [3.63, 3.8) is 0 Å². The molecule has 31 heavy (non-hydrogen) atoms. The molecule has 0 radical (unpaired) electrons. The van der Waals surface area contributed by atoms with Crippen LogP contribution in [0.25, 0.3) is 0 Å². The van der Waals surface area contributed by atoms with Gasteiger partial charge >= 0.3 is 0 Å². The molecule has 2 aromatic rings. The van der Waals surface area contributed by atoms with Gasteiger partial charge in [-0.2, -0.15) is 0 Å². The van der Waals surface area contributed by atoms with Crippen molar-refractivity contribution in [1.29, 1.82) is 0 Å². The van der Waals surface area contributed by atoms with Crippen molar-refractivity contribution in [3.05, 3.63) is 40.4 Å². The number of guanidine groups is 1. The number of methoxy groups -OCH3 is 3. The quantitative estimate of drug-likeness (QED) is 0.472. The number of halogens is 1. The average molecular weight is 450 g/mol. The number of fused-ring (bicyclic) bond motifs is 1. The molecular weight excluding hydrogens is 422 g/mol. The first-order valence-corrected chi connectivity index (χ1v) is 10.4. The Labute approximate surface area is 187 Å². The van der Waals surface area contributed by atoms with Gasteiger partial charge in [0.2, 0.25) is 5.75 Å². The lowest BCUT2D eigenvalue weighted by Gasteiger charge is -2.20. The molecule has 0 amide bonds. The van der Waals surface area contributed by atoms with E-state index in [0.29, 0.717) is 66.0 Å². The first-order valence-electron chi connectivity index (χ1n) is 9.98. The Hall–Kier alpha value is -3.00. The Balaban J connectivity index is 1.73. The first-order chi connectivity index (χ1) is 15.1. The van der Waals surface area contributed by atoms with Crippen LogP contribution < -0.4 is 34.3 Å². The number of rotatable bonds is 8. The molecule has 1 aliphatic rings. The minimum atomic E-state index is 0.431. The maximum Gasteiger partial charge on any atom is 0.203 e. The number of hydrogen-bond acceptors (Lipinski definition) is 6. The molecule has 2 N–H and O–H groups in total. The van der Waals surface area contributed by atoms with E-state index in [1.54, 1.807) is 21.3 Å². The lowest BCUT2D eigenvalue weighted by atomic mass is 10.2. The summed E-state index contributed by atoms with van der Waals surface area (Å²) in [7, 11) is 4.77. The van der Waals surface area contributed by atoms with Gasteiger partial charge in [-0.1, -0.05) is 11.6 Å². The second-order valence-corrected chi connectivity index (χ2v) is 7.09. The van der Waals surface area contributed by atoms with Crippen molar-refractivity contribution in [2.24, 2.45) is 4.99 Å². The van der Waals surface area contributed by atoms with Crippen LogP contribution in [0, 0.1) is 0 Å². The van der Waals surface area contributed by atoms with Crippen LogP contribution in [0.5, 0.6) is 28.7 Å². The normalized spacial score (nSPS) is 12.9. The number of ether oxygens (including phenoxy) is 5. The van der Waals surface area contributed by atoms with E-state index < -0.39 is 0 Å². The van der Waals surface area contributed by atoms with Crippen molar-refractivity contribution >= 4 is 17.6 Å². The zero-order chi connectivity index (χ0) is 22.2. The SMILES string of the molecule is CCNC(=NCc1cc(Cl)c2c(c1)OCCO2)NCc1cc(OC)c(OC)c(OC)c1. The van der Waals surface area contributed by atoms with Crippen LogP contribution in [0.15, 0.2) is 29.3 Å². The van der Waals surface area contributed by atoms with Crippen LogP contribution in [-0.2, 0) is 13.1 Å². The fourth-order valence-electron chi connectivity index (χ4n) is 3.19. The number of hydrogen-bond donors (Lipinski definition) is 2. The molecule has 9 heteroatoms. The third-order valence-electron chi connectivity index (χ3n) is 4.61. The molecular formula is C22H28ClN3O5. The van der Waals surface area contributed by atoms with Gasteiger partial charge < -0.3 is 34.3 Å². The highest BCUT2D eigenvalue weighted by molar-refractivity contribution is 6.32. The highest BCUT2D eigenvalue weighted by Crippen LogP contribution is 2.39. The molecule has 0 atom stereocenters. The molecule has 3 rings (SSSR count). The molecule has 0 aromatic heterocycles. The van der Waals surface area contributed by atoms with Crippen LogP contribution in [0.4, 0.5) is 0 Å². The summed E-state index contributed by atoms with van der Waals surface area (Å²) in [6, 6.07) is 7.56. The summed E-state index contributed by atoms with van der Waals surface area (Å²) in [5.74, 6) is 3.68. The number of nitrogens with zero attached hydrogens (tertiary/aromatic N) is 1. The minimum Gasteiger partial charge on any atom is -0.493 e. The predicted molar refractivity (Wildman–Crippen MR) is 120 cm³/mol. The Morgan fingerprint density at radius 1 is 0.968 bits per heavy atom. The van der Waals surface area contributed by atoms with E-state index in [0.717, 1.165) is 17.7 Å². The summed E-state index contributed by atoms with van der Waals surface area (Å²) in [6.45, 7) is 4.70. The summed E-state index contributed by atoms with van der Waals surface area (Å²) < 4.78 is 27.4. The van der Waals surface area contributed by atoms with E-state index in [2.05, 4.69) is 15.6 Å². The first kappa shape index (κ1) is 22.7. The van der Waals surface area contributed by atoms with Crippen molar-refractivity contribution < 1.29 is 23.7 Å². The lowest BCUT2D eigenvalue weighted by Crippen LogP contribution is -2.36. The maximum absolute atomic E-state index is 6.33. The van der Waals surface area contributed by atoms with E-state index in [-0.39, 0.29) is 0 Å². The van der Waals surface area contributed by atoms with Gasteiger partial charge in [-0.05, 0) is 42.3 Å². The van der Waals surface area contributed by atoms with E-state index in [4.69, 9.17) is 35.3 Å².